The van der Waals surface area contributed by atoms with Crippen LogP contribution in [-0.2, 0) is 13.2 Å². The molecule has 133 heavy (non-hydrogen) atoms. The number of hydrogen-bond donors (Lipinski definition) is 8. The van der Waals surface area contributed by atoms with Crippen LogP contribution in [0.3, 0.4) is 0 Å². The molecule has 0 bridgehead atoms. The van der Waals surface area contributed by atoms with Gasteiger partial charge in [-0.25, -0.2) is 25.0 Å². The van der Waals surface area contributed by atoms with Gasteiger partial charge in [-0.05, 0) is 277 Å². The summed E-state index contributed by atoms with van der Waals surface area (Å²) in [5.41, 5.74) is 16.2. The lowest BCUT2D eigenvalue weighted by Crippen LogP contribution is -2.48. The van der Waals surface area contributed by atoms with Gasteiger partial charge >= 0.3 is 0 Å². The van der Waals surface area contributed by atoms with Gasteiger partial charge in [-0.15, -0.1) is 5.10 Å². The van der Waals surface area contributed by atoms with E-state index in [1.165, 1.54) is 11.5 Å². The Morgan fingerprint density at radius 1 is 0.391 bits per heavy atom. The molecule has 11 aliphatic heterocycles. The number of pyridine rings is 2. The second-order valence-corrected chi connectivity index (χ2v) is 36.7. The third kappa shape index (κ3) is 14.6. The topological polar surface area (TPSA) is 391 Å². The molecule has 0 radical (unpaired) electrons. The number of nitrogens with zero attached hydrogens (tertiary/aromatic N) is 14. The molecule has 0 aliphatic carbocycles. The van der Waals surface area contributed by atoms with Gasteiger partial charge < -0.3 is 74.7 Å². The minimum Gasteiger partial charge on any atom is -0.490 e. The van der Waals surface area contributed by atoms with E-state index in [-0.39, 0.29) is 42.1 Å². The van der Waals surface area contributed by atoms with Gasteiger partial charge in [0.1, 0.15) is 65.0 Å². The Bertz CT molecular complexity index is 7380. The Hall–Kier alpha value is -14.1. The monoisotopic (exact) mass is 1800 g/mol. The van der Waals surface area contributed by atoms with Crippen LogP contribution >= 0.6 is 11.5 Å². The summed E-state index contributed by atoms with van der Waals surface area (Å²) in [6, 6.07) is 52.9. The summed E-state index contributed by atoms with van der Waals surface area (Å²) in [7, 11) is 0. The van der Waals surface area contributed by atoms with Gasteiger partial charge in [0.15, 0.2) is 28.0 Å². The van der Waals surface area contributed by atoms with Crippen LogP contribution in [0.2, 0.25) is 0 Å². The van der Waals surface area contributed by atoms with E-state index < -0.39 is 28.0 Å². The summed E-state index contributed by atoms with van der Waals surface area (Å²) in [5, 5.41) is 83.4. The van der Waals surface area contributed by atoms with Gasteiger partial charge in [-0.3, -0.25) is 33.9 Å². The molecule has 672 valence electrons. The van der Waals surface area contributed by atoms with Gasteiger partial charge in [-0.1, -0.05) is 22.2 Å². The fraction of sp³-hybridized carbons (Fsp3) is 0.282. The number of carbonyl (C=O) groups is 5. The summed E-state index contributed by atoms with van der Waals surface area (Å²) < 4.78 is 16.2. The van der Waals surface area contributed by atoms with Crippen molar-refractivity contribution < 1.29 is 68.9 Å². The molecule has 9 aromatic carbocycles. The third-order valence-electron chi connectivity index (χ3n) is 27.4. The van der Waals surface area contributed by atoms with Crippen molar-refractivity contribution in [2.45, 2.75) is 143 Å². The predicted octanol–water partition coefficient (Wildman–Crippen LogP) is 15.3. The number of aryl methyl sites for hydroxylation is 10. The number of benzene rings is 9. The fourth-order valence-corrected chi connectivity index (χ4v) is 19.8. The average molecular weight is 1800 g/mol. The van der Waals surface area contributed by atoms with Gasteiger partial charge in [0.2, 0.25) is 28.9 Å². The number of aliphatic hydroxyl groups excluding tert-OH is 2. The molecular weight excluding hydrogens is 1700 g/mol. The number of carbonyl (C=O) groups excluding carboxylic acids is 5. The molecule has 15 heterocycles. The van der Waals surface area contributed by atoms with Crippen molar-refractivity contribution in [1.29, 1.82) is 0 Å². The number of hydrogen-bond acceptors (Lipinski definition) is 30. The Labute approximate surface area is 768 Å². The number of anilines is 6. The van der Waals surface area contributed by atoms with E-state index in [1.54, 1.807) is 24.4 Å². The SMILES string of the molecule is Cc1cc(N2CC[C@@]3(O)C(=O)c4cc(C)c(C)cc4N=C23)ccn1.Cc1cc2c(cc1C)C(=O)[C@]1(O)CCN(c3ccc4c(c3)OCCN4)C1=N2.Cc1cc2c(cc1C)C(=O)[C@]1(O)CCN(c3ccc4nnsc4c3)C1=N2.Cc1cc2c(cc1C)C(=O)[C@]1(O)CCN(c3ccc4oc(CO)cc4c3)C1=N2.Cc1ccc2c(c1)C(=O)[C@]1(O)CCN(c3ccc4nc(CO)ccc4c3)C1=N2. The summed E-state index contributed by atoms with van der Waals surface area (Å²) in [5.74, 6) is 1.94. The highest BCUT2D eigenvalue weighted by molar-refractivity contribution is 7.13. The molecule has 13 aromatic rings. The maximum absolute atomic E-state index is 13.1. The second kappa shape index (κ2) is 32.7. The summed E-state index contributed by atoms with van der Waals surface area (Å²) in [6.07, 6.45) is 3.33. The van der Waals surface area contributed by atoms with E-state index in [1.807, 2.05) is 245 Å². The number of amidine groups is 5. The molecule has 5 saturated heterocycles. The molecule has 4 aromatic heterocycles. The van der Waals surface area contributed by atoms with Gasteiger partial charge in [0.05, 0.1) is 56.6 Å². The maximum Gasteiger partial charge on any atom is 0.204 e. The van der Waals surface area contributed by atoms with Crippen LogP contribution in [0.25, 0.3) is 32.1 Å². The predicted molar refractivity (Wildman–Crippen MR) is 513 cm³/mol. The third-order valence-corrected chi connectivity index (χ3v) is 28.0. The zero-order chi connectivity index (χ0) is 93.0. The Morgan fingerprint density at radius 3 is 1.26 bits per heavy atom. The first-order chi connectivity index (χ1) is 63.7. The lowest BCUT2D eigenvalue weighted by molar-refractivity contribution is 0.0600. The Balaban J connectivity index is 0.000000104. The molecule has 0 amide bonds. The second-order valence-electron chi connectivity index (χ2n) is 35.9. The van der Waals surface area contributed by atoms with E-state index in [0.29, 0.717) is 174 Å². The molecule has 24 rings (SSSR count). The van der Waals surface area contributed by atoms with Crippen molar-refractivity contribution in [3.63, 3.8) is 0 Å². The molecule has 0 saturated carbocycles. The standard InChI is InChI=1S/C22H19N3O3.C22H20N2O4.C21H21N3O3.C19H16N4O2S.C19H19N3O2/c1-13-2-6-19-17(10-13)20(27)22(28)8-9-25(21(22)24-19)16-5-7-18-14(11-16)3-4-15(12-26)23-18;1-12-7-17-18(8-13(12)2)23-21-22(27,20(17)26)5-6-24(21)15-3-4-19-14(9-15)10-16(11-25)28-19;1-12-9-15-17(10-13(12)2)23-20-21(26,19(15)25)5-7-24(20)14-3-4-16-18(11-14)27-8-6-22-16;1-10-7-13-15(8-11(10)2)20-18-19(25,17(13)24)5-6-23(18)12-3-4-14-16(9-12)26-22-21-14;1-11-8-15-16(9-12(11)2)21-18-19(24,17(15)23)5-7-22(18)14-4-6-20-13(3)10-14/h2-7,10-11,26,28H,8-9,12H2,1H3;3-4,7-10,25,27H,5-6,11H2,1-2H3;3-4,9-11,22,26H,5-8H2,1-2H3;3-4,7-9,25H,5-6H2,1-2H3;4,6,8-10,24H,5,7H2,1-3H3/t2*22-;21-;2*19-/m11111/s1. The van der Waals surface area contributed by atoms with Crippen molar-refractivity contribution in [2.24, 2.45) is 25.0 Å². The van der Waals surface area contributed by atoms with Crippen molar-refractivity contribution in [1.82, 2.24) is 19.6 Å². The molecule has 8 N–H and O–H groups in total. The van der Waals surface area contributed by atoms with E-state index in [9.17, 15) is 59.7 Å². The van der Waals surface area contributed by atoms with E-state index in [4.69, 9.17) is 24.1 Å². The van der Waals surface area contributed by atoms with E-state index >= 15 is 0 Å². The molecule has 0 unspecified atom stereocenters. The first-order valence-electron chi connectivity index (χ1n) is 44.3. The highest BCUT2D eigenvalue weighted by Crippen LogP contribution is 2.49. The Morgan fingerprint density at radius 2 is 0.797 bits per heavy atom. The number of rotatable bonds is 7. The van der Waals surface area contributed by atoms with Crippen LogP contribution in [0.15, 0.2) is 205 Å². The maximum atomic E-state index is 13.1. The van der Waals surface area contributed by atoms with Crippen LogP contribution in [-0.4, -0.2) is 187 Å². The number of ketones is 5. The van der Waals surface area contributed by atoms with Crippen molar-refractivity contribution in [3.05, 3.63) is 271 Å². The molecule has 30 heteroatoms. The molecule has 5 fully saturated rings. The number of furan rings is 1. The van der Waals surface area contributed by atoms with Crippen LogP contribution in [0, 0.1) is 69.2 Å². The lowest BCUT2D eigenvalue weighted by Gasteiger charge is -2.30. The Kier molecular flexibility index (Phi) is 21.4. The highest BCUT2D eigenvalue weighted by Gasteiger charge is 2.58. The largest absolute Gasteiger partial charge is 0.490 e. The first kappa shape index (κ1) is 86.9. The number of aliphatic hydroxyl groups is 7. The van der Waals surface area contributed by atoms with Crippen LogP contribution in [0.5, 0.6) is 5.75 Å². The zero-order valence-electron chi connectivity index (χ0n) is 74.8. The first-order valence-corrected chi connectivity index (χ1v) is 45.1. The van der Waals surface area contributed by atoms with E-state index in [0.717, 1.165) is 129 Å². The number of fused-ring (bicyclic) bond motifs is 14. The molecule has 11 aliphatic rings. The highest BCUT2D eigenvalue weighted by atomic mass is 32.1. The summed E-state index contributed by atoms with van der Waals surface area (Å²) in [6.45, 7) is 23.4. The average Bonchev–Trinajstić information content (AvgIpc) is 1.62. The number of nitrogens with one attached hydrogen (secondary N) is 1. The van der Waals surface area contributed by atoms with Crippen molar-refractivity contribution >= 4 is 164 Å². The van der Waals surface area contributed by atoms with Gasteiger partial charge in [0, 0.05) is 156 Å². The smallest absolute Gasteiger partial charge is 0.204 e. The van der Waals surface area contributed by atoms with Crippen LogP contribution in [0.1, 0.15) is 151 Å². The van der Waals surface area contributed by atoms with Crippen LogP contribution < -0.4 is 34.6 Å². The van der Waals surface area contributed by atoms with Crippen LogP contribution in [0.4, 0.5) is 62.6 Å². The quantitative estimate of drug-likeness (QED) is 0.0734. The van der Waals surface area contributed by atoms with Crippen molar-refractivity contribution in [3.8, 4) is 5.75 Å². The van der Waals surface area contributed by atoms with Gasteiger partial charge in [-0.2, -0.15) is 0 Å². The molecular formula is C103H95N15O14S. The number of ether oxygens (including phenoxy) is 1. The number of Topliss-reactive ketones (excluding diaryl/α,β-unsaturated/α-hetero) is 5. The number of aromatic nitrogens is 4. The lowest BCUT2D eigenvalue weighted by atomic mass is 9.86. The summed E-state index contributed by atoms with van der Waals surface area (Å²) in [4.78, 5) is 107. The fourth-order valence-electron chi connectivity index (χ4n) is 19.3. The number of aliphatic imine (C=N–C) groups is 5. The van der Waals surface area contributed by atoms with Crippen molar-refractivity contribution in [2.75, 3.05) is 75.7 Å². The molecule has 5 atom stereocenters. The molecule has 29 nitrogen and oxygen atoms in total. The molecule has 0 spiro atoms. The normalized spacial score (nSPS) is 21.8. The minimum atomic E-state index is -1.60. The summed E-state index contributed by atoms with van der Waals surface area (Å²) >= 11 is 1.32. The van der Waals surface area contributed by atoms with E-state index in [2.05, 4.69) is 34.9 Å². The zero-order valence-corrected chi connectivity index (χ0v) is 75.6. The van der Waals surface area contributed by atoms with Gasteiger partial charge in [0.25, 0.3) is 0 Å². The minimum absolute atomic E-state index is 0.103.